The van der Waals surface area contributed by atoms with Crippen molar-refractivity contribution in [1.29, 1.82) is 0 Å². The number of thiophene rings is 1. The van der Waals surface area contributed by atoms with E-state index in [1.165, 1.54) is 10.4 Å². The van der Waals surface area contributed by atoms with E-state index in [0.29, 0.717) is 6.04 Å². The van der Waals surface area contributed by atoms with Crippen molar-refractivity contribution >= 4 is 22.9 Å². The van der Waals surface area contributed by atoms with E-state index in [0.717, 1.165) is 23.1 Å². The molecule has 2 rings (SSSR count). The third-order valence-corrected chi connectivity index (χ3v) is 4.20. The van der Waals surface area contributed by atoms with Gasteiger partial charge >= 0.3 is 0 Å². The third-order valence-electron chi connectivity index (χ3n) is 2.97. The van der Waals surface area contributed by atoms with Gasteiger partial charge in [-0.05, 0) is 37.1 Å². The Morgan fingerprint density at radius 2 is 2.05 bits per heavy atom. The fraction of sp³-hybridized carbons (Fsp3) is 0.333. The standard InChI is InChI=1S/C15H18ClNOS/c1-11(17-10-13-7-8-15(16)19-13)9-12-5-3-4-6-14(12)18-2/h3-8,11,17H,9-10H2,1-2H3. The Kier molecular flexibility index (Phi) is 5.25. The molecule has 19 heavy (non-hydrogen) atoms. The van der Waals surface area contributed by atoms with Crippen molar-refractivity contribution in [2.75, 3.05) is 7.11 Å². The summed E-state index contributed by atoms with van der Waals surface area (Å²) >= 11 is 7.54. The Balaban J connectivity index is 1.88. The van der Waals surface area contributed by atoms with E-state index in [2.05, 4.69) is 24.4 Å². The van der Waals surface area contributed by atoms with Crippen LogP contribution in [0.4, 0.5) is 0 Å². The summed E-state index contributed by atoms with van der Waals surface area (Å²) in [7, 11) is 1.71. The van der Waals surface area contributed by atoms with Gasteiger partial charge in [0.1, 0.15) is 5.75 Å². The fourth-order valence-corrected chi connectivity index (χ4v) is 3.03. The fourth-order valence-electron chi connectivity index (χ4n) is 2.00. The number of benzene rings is 1. The summed E-state index contributed by atoms with van der Waals surface area (Å²) in [5, 5.41) is 3.51. The van der Waals surface area contributed by atoms with Crippen molar-refractivity contribution < 1.29 is 4.74 Å². The van der Waals surface area contributed by atoms with Crippen LogP contribution in [-0.4, -0.2) is 13.2 Å². The molecule has 0 amide bonds. The van der Waals surface area contributed by atoms with E-state index >= 15 is 0 Å². The van der Waals surface area contributed by atoms with Crippen LogP contribution in [0.5, 0.6) is 5.75 Å². The number of rotatable bonds is 6. The molecule has 0 aliphatic carbocycles. The third kappa shape index (κ3) is 4.23. The van der Waals surface area contributed by atoms with Crippen molar-refractivity contribution in [1.82, 2.24) is 5.32 Å². The molecule has 2 nitrogen and oxygen atoms in total. The van der Waals surface area contributed by atoms with Crippen LogP contribution in [0.3, 0.4) is 0 Å². The van der Waals surface area contributed by atoms with Crippen LogP contribution in [0.1, 0.15) is 17.4 Å². The van der Waals surface area contributed by atoms with E-state index in [1.54, 1.807) is 18.4 Å². The Hall–Kier alpha value is -1.03. The maximum absolute atomic E-state index is 5.92. The van der Waals surface area contributed by atoms with Crippen LogP contribution < -0.4 is 10.1 Å². The molecule has 4 heteroatoms. The topological polar surface area (TPSA) is 21.3 Å². The zero-order chi connectivity index (χ0) is 13.7. The van der Waals surface area contributed by atoms with Crippen LogP contribution in [0.25, 0.3) is 0 Å². The monoisotopic (exact) mass is 295 g/mol. The van der Waals surface area contributed by atoms with Gasteiger partial charge in [0.2, 0.25) is 0 Å². The maximum Gasteiger partial charge on any atom is 0.122 e. The van der Waals surface area contributed by atoms with Crippen molar-refractivity contribution in [2.45, 2.75) is 25.9 Å². The maximum atomic E-state index is 5.92. The lowest BCUT2D eigenvalue weighted by atomic mass is 10.1. The molecular formula is C15H18ClNOS. The zero-order valence-corrected chi connectivity index (χ0v) is 12.7. The smallest absolute Gasteiger partial charge is 0.122 e. The molecule has 0 fully saturated rings. The van der Waals surface area contributed by atoms with Crippen molar-refractivity contribution in [3.05, 3.63) is 51.2 Å². The van der Waals surface area contributed by atoms with Gasteiger partial charge in [0.05, 0.1) is 11.4 Å². The Morgan fingerprint density at radius 1 is 1.26 bits per heavy atom. The van der Waals surface area contributed by atoms with Gasteiger partial charge in [0, 0.05) is 17.5 Å². The highest BCUT2D eigenvalue weighted by atomic mass is 35.5. The highest BCUT2D eigenvalue weighted by molar-refractivity contribution is 7.16. The average Bonchev–Trinajstić information content (AvgIpc) is 2.83. The number of para-hydroxylation sites is 1. The average molecular weight is 296 g/mol. The van der Waals surface area contributed by atoms with Gasteiger partial charge < -0.3 is 10.1 Å². The van der Waals surface area contributed by atoms with Crippen molar-refractivity contribution in [2.24, 2.45) is 0 Å². The number of ether oxygens (including phenoxy) is 1. The van der Waals surface area contributed by atoms with E-state index in [4.69, 9.17) is 16.3 Å². The molecule has 0 spiro atoms. The predicted octanol–water partition coefficient (Wildman–Crippen LogP) is 4.13. The van der Waals surface area contributed by atoms with Gasteiger partial charge in [0.15, 0.2) is 0 Å². The Labute approximate surface area is 123 Å². The van der Waals surface area contributed by atoms with E-state index < -0.39 is 0 Å². The molecule has 0 radical (unpaired) electrons. The normalized spacial score (nSPS) is 12.4. The van der Waals surface area contributed by atoms with Crippen LogP contribution in [0.2, 0.25) is 4.34 Å². The minimum absolute atomic E-state index is 0.386. The van der Waals surface area contributed by atoms with Gasteiger partial charge in [-0.1, -0.05) is 29.8 Å². The summed E-state index contributed by atoms with van der Waals surface area (Å²) < 4.78 is 6.21. The van der Waals surface area contributed by atoms with Gasteiger partial charge in [-0.2, -0.15) is 0 Å². The Bertz CT molecular complexity index is 526. The van der Waals surface area contributed by atoms with Gasteiger partial charge in [0.25, 0.3) is 0 Å². The molecular weight excluding hydrogens is 278 g/mol. The summed E-state index contributed by atoms with van der Waals surface area (Å²) in [6.07, 6.45) is 0.948. The van der Waals surface area contributed by atoms with Crippen molar-refractivity contribution in [3.63, 3.8) is 0 Å². The van der Waals surface area contributed by atoms with Gasteiger partial charge in [-0.15, -0.1) is 11.3 Å². The molecule has 1 heterocycles. The molecule has 102 valence electrons. The minimum Gasteiger partial charge on any atom is -0.496 e. The molecule has 1 N–H and O–H groups in total. The minimum atomic E-state index is 0.386. The molecule has 1 aromatic heterocycles. The molecule has 1 unspecified atom stereocenters. The molecule has 0 aliphatic rings. The van der Waals surface area contributed by atoms with Gasteiger partial charge in [-0.3, -0.25) is 0 Å². The molecule has 0 aliphatic heterocycles. The first-order chi connectivity index (χ1) is 9.19. The highest BCUT2D eigenvalue weighted by Gasteiger charge is 2.08. The second-order valence-corrected chi connectivity index (χ2v) is 6.30. The van der Waals surface area contributed by atoms with E-state index in [9.17, 15) is 0 Å². The summed E-state index contributed by atoms with van der Waals surface area (Å²) in [6.45, 7) is 3.04. The molecule has 1 aromatic carbocycles. The SMILES string of the molecule is COc1ccccc1CC(C)NCc1ccc(Cl)s1. The lowest BCUT2D eigenvalue weighted by Gasteiger charge is -2.15. The van der Waals surface area contributed by atoms with E-state index in [1.807, 2.05) is 24.3 Å². The molecule has 0 saturated heterocycles. The molecule has 2 aromatic rings. The summed E-state index contributed by atoms with van der Waals surface area (Å²) in [5.41, 5.74) is 1.23. The van der Waals surface area contributed by atoms with Gasteiger partial charge in [-0.25, -0.2) is 0 Å². The number of hydrogen-bond donors (Lipinski definition) is 1. The number of methoxy groups -OCH3 is 1. The number of halogens is 1. The second kappa shape index (κ2) is 6.94. The van der Waals surface area contributed by atoms with Crippen LogP contribution in [-0.2, 0) is 13.0 Å². The van der Waals surface area contributed by atoms with Crippen molar-refractivity contribution in [3.8, 4) is 5.75 Å². The predicted molar refractivity (Wildman–Crippen MR) is 82.3 cm³/mol. The summed E-state index contributed by atoms with van der Waals surface area (Å²) in [4.78, 5) is 1.26. The Morgan fingerprint density at radius 3 is 2.74 bits per heavy atom. The van der Waals surface area contributed by atoms with Crippen LogP contribution >= 0.6 is 22.9 Å². The van der Waals surface area contributed by atoms with E-state index in [-0.39, 0.29) is 0 Å². The summed E-state index contributed by atoms with van der Waals surface area (Å²) in [6, 6.07) is 12.5. The quantitative estimate of drug-likeness (QED) is 0.865. The van der Waals surface area contributed by atoms with Crippen LogP contribution in [0.15, 0.2) is 36.4 Å². The highest BCUT2D eigenvalue weighted by Crippen LogP contribution is 2.22. The summed E-state index contributed by atoms with van der Waals surface area (Å²) in [5.74, 6) is 0.954. The first-order valence-electron chi connectivity index (χ1n) is 6.28. The zero-order valence-electron chi connectivity index (χ0n) is 11.2. The van der Waals surface area contributed by atoms with Crippen LogP contribution in [0, 0.1) is 0 Å². The molecule has 1 atom stereocenters. The second-order valence-electron chi connectivity index (χ2n) is 4.50. The largest absolute Gasteiger partial charge is 0.496 e. The first kappa shape index (κ1) is 14.4. The lowest BCUT2D eigenvalue weighted by Crippen LogP contribution is -2.27. The first-order valence-corrected chi connectivity index (χ1v) is 7.48. The number of hydrogen-bond acceptors (Lipinski definition) is 3. The molecule has 0 saturated carbocycles. The number of nitrogens with one attached hydrogen (secondary N) is 1. The lowest BCUT2D eigenvalue weighted by molar-refractivity contribution is 0.406. The molecule has 0 bridgehead atoms.